The van der Waals surface area contributed by atoms with Crippen LogP contribution in [0.3, 0.4) is 0 Å². The van der Waals surface area contributed by atoms with Gasteiger partial charge in [-0.15, -0.1) is 0 Å². The third-order valence-electron chi connectivity index (χ3n) is 1.84. The Balaban J connectivity index is 0.000000980. The predicted octanol–water partition coefficient (Wildman–Crippen LogP) is 1.98. The summed E-state index contributed by atoms with van der Waals surface area (Å²) in [7, 11) is 0. The van der Waals surface area contributed by atoms with Gasteiger partial charge in [0.15, 0.2) is 0 Å². The van der Waals surface area contributed by atoms with E-state index in [4.69, 9.17) is 0 Å². The molecule has 0 aliphatic rings. The molecule has 1 heteroatoms. The third-order valence-corrected chi connectivity index (χ3v) is 5.39. The molecule has 0 aromatic heterocycles. The molecule has 0 spiro atoms. The monoisotopic (exact) mass is 290 g/mol. The molecule has 0 unspecified atom stereocenters. The van der Waals surface area contributed by atoms with Gasteiger partial charge in [0.2, 0.25) is 0 Å². The molecule has 68 valence electrons. The van der Waals surface area contributed by atoms with Gasteiger partial charge in [-0.05, 0) is 0 Å². The van der Waals surface area contributed by atoms with Gasteiger partial charge < -0.3 is 0 Å². The van der Waals surface area contributed by atoms with E-state index in [2.05, 4.69) is 60.7 Å². The van der Waals surface area contributed by atoms with Crippen molar-refractivity contribution in [3.8, 4) is 0 Å². The van der Waals surface area contributed by atoms with Crippen LogP contribution in [0.5, 0.6) is 0 Å². The average Bonchev–Trinajstić information content (AvgIpc) is 2.21. The van der Waals surface area contributed by atoms with E-state index in [1.807, 2.05) is 0 Å². The van der Waals surface area contributed by atoms with Gasteiger partial charge in [0, 0.05) is 0 Å². The zero-order valence-electron chi connectivity index (χ0n) is 7.27. The first-order valence-electron chi connectivity index (χ1n) is 4.32. The van der Waals surface area contributed by atoms with E-state index in [1.165, 1.54) is 7.16 Å². The molecule has 0 aliphatic heterocycles. The fourth-order valence-corrected chi connectivity index (χ4v) is 4.21. The first-order valence-corrected chi connectivity index (χ1v) is 7.18. The summed E-state index contributed by atoms with van der Waals surface area (Å²) in [5.74, 6) is 0. The molecule has 0 saturated carbocycles. The second-order valence-corrected chi connectivity index (χ2v) is 6.87. The molecule has 0 nitrogen and oxygen atoms in total. The SMILES string of the molecule is C.c1cc[c]([Sn+2][c]2ccccc2)cc1. The molecule has 0 N–H and O–H groups in total. The van der Waals surface area contributed by atoms with Crippen LogP contribution in [0.1, 0.15) is 7.43 Å². The Morgan fingerprint density at radius 3 is 1.29 bits per heavy atom. The van der Waals surface area contributed by atoms with Gasteiger partial charge in [0.1, 0.15) is 0 Å². The Kier molecular flexibility index (Phi) is 4.74. The Bertz CT molecular complexity index is 316. The molecular formula is C13H14Sn+2. The van der Waals surface area contributed by atoms with Gasteiger partial charge in [-0.2, -0.15) is 0 Å². The average molecular weight is 289 g/mol. The summed E-state index contributed by atoms with van der Waals surface area (Å²) in [5, 5.41) is 0. The molecule has 0 fully saturated rings. The molecule has 0 amide bonds. The molecule has 14 heavy (non-hydrogen) atoms. The molecule has 2 aromatic carbocycles. The van der Waals surface area contributed by atoms with Crippen LogP contribution >= 0.6 is 0 Å². The molecule has 2 rings (SSSR count). The summed E-state index contributed by atoms with van der Waals surface area (Å²) in [4.78, 5) is 0. The molecule has 0 heterocycles. The molecule has 0 radical (unpaired) electrons. The van der Waals surface area contributed by atoms with E-state index in [0.717, 1.165) is 0 Å². The van der Waals surface area contributed by atoms with Crippen molar-refractivity contribution in [3.63, 3.8) is 0 Å². The van der Waals surface area contributed by atoms with Crippen LogP contribution in [-0.2, 0) is 0 Å². The number of hydrogen-bond donors (Lipinski definition) is 0. The van der Waals surface area contributed by atoms with Crippen molar-refractivity contribution in [3.05, 3.63) is 60.7 Å². The van der Waals surface area contributed by atoms with Crippen molar-refractivity contribution in [1.82, 2.24) is 0 Å². The molecule has 0 atom stereocenters. The van der Waals surface area contributed by atoms with Gasteiger partial charge in [-0.1, -0.05) is 7.43 Å². The van der Waals surface area contributed by atoms with Crippen LogP contribution in [0.4, 0.5) is 0 Å². The van der Waals surface area contributed by atoms with Crippen LogP contribution in [0.2, 0.25) is 0 Å². The van der Waals surface area contributed by atoms with Gasteiger partial charge >= 0.3 is 89.0 Å². The van der Waals surface area contributed by atoms with Gasteiger partial charge in [0.25, 0.3) is 0 Å². The Morgan fingerprint density at radius 2 is 0.929 bits per heavy atom. The molecular weight excluding hydrogens is 275 g/mol. The Labute approximate surface area is 96.2 Å². The standard InChI is InChI=1S/2C6H5.CH4.Sn/c2*1-2-4-6-5-3-1;;/h2*1-5H;1H4;/q;;;+2. The van der Waals surface area contributed by atoms with Crippen molar-refractivity contribution in [1.29, 1.82) is 0 Å². The van der Waals surface area contributed by atoms with Crippen molar-refractivity contribution >= 4 is 28.3 Å². The first kappa shape index (κ1) is 11.3. The van der Waals surface area contributed by atoms with Crippen LogP contribution in [0.25, 0.3) is 0 Å². The van der Waals surface area contributed by atoms with Crippen molar-refractivity contribution < 1.29 is 0 Å². The Morgan fingerprint density at radius 1 is 0.571 bits per heavy atom. The van der Waals surface area contributed by atoms with Gasteiger partial charge in [-0.25, -0.2) is 0 Å². The minimum atomic E-state index is -0.517. The zero-order valence-corrected chi connectivity index (χ0v) is 10.1. The quantitative estimate of drug-likeness (QED) is 0.742. The summed E-state index contributed by atoms with van der Waals surface area (Å²) in [5.41, 5.74) is 0. The fraction of sp³-hybridized carbons (Fsp3) is 0.0769. The van der Waals surface area contributed by atoms with E-state index < -0.39 is 21.1 Å². The van der Waals surface area contributed by atoms with Gasteiger partial charge in [0.05, 0.1) is 0 Å². The normalized spacial score (nSPS) is 8.57. The predicted molar refractivity (Wildman–Crippen MR) is 64.6 cm³/mol. The van der Waals surface area contributed by atoms with Crippen LogP contribution in [-0.4, -0.2) is 21.1 Å². The Hall–Kier alpha value is -0.761. The van der Waals surface area contributed by atoms with Gasteiger partial charge in [-0.3, -0.25) is 0 Å². The summed E-state index contributed by atoms with van der Waals surface area (Å²) >= 11 is -0.517. The summed E-state index contributed by atoms with van der Waals surface area (Å²) in [6.45, 7) is 0. The van der Waals surface area contributed by atoms with E-state index in [9.17, 15) is 0 Å². The zero-order chi connectivity index (χ0) is 8.93. The van der Waals surface area contributed by atoms with E-state index in [1.54, 1.807) is 0 Å². The fourth-order valence-electron chi connectivity index (χ4n) is 1.21. The minimum absolute atomic E-state index is 0. The van der Waals surface area contributed by atoms with E-state index >= 15 is 0 Å². The second kappa shape index (κ2) is 5.86. The van der Waals surface area contributed by atoms with Crippen LogP contribution < -0.4 is 7.16 Å². The molecule has 0 aliphatic carbocycles. The second-order valence-electron chi connectivity index (χ2n) is 2.86. The summed E-state index contributed by atoms with van der Waals surface area (Å²) in [6.07, 6.45) is 0. The number of benzene rings is 2. The molecule has 0 bridgehead atoms. The van der Waals surface area contributed by atoms with E-state index in [-0.39, 0.29) is 7.43 Å². The maximum absolute atomic E-state index is 2.24. The van der Waals surface area contributed by atoms with Crippen LogP contribution in [0.15, 0.2) is 60.7 Å². The van der Waals surface area contributed by atoms with Crippen LogP contribution in [0, 0.1) is 0 Å². The summed E-state index contributed by atoms with van der Waals surface area (Å²) in [6, 6.07) is 21.6. The first-order chi connectivity index (χ1) is 6.45. The van der Waals surface area contributed by atoms with Crippen molar-refractivity contribution in [2.45, 2.75) is 7.43 Å². The van der Waals surface area contributed by atoms with Crippen molar-refractivity contribution in [2.75, 3.05) is 0 Å². The third kappa shape index (κ3) is 3.18. The molecule has 0 saturated heterocycles. The number of rotatable bonds is 2. The summed E-state index contributed by atoms with van der Waals surface area (Å²) < 4.78 is 3.08. The maximum atomic E-state index is 2.24. The molecule has 2 aromatic rings. The number of hydrogen-bond acceptors (Lipinski definition) is 0. The van der Waals surface area contributed by atoms with E-state index in [0.29, 0.717) is 0 Å². The van der Waals surface area contributed by atoms with Crippen molar-refractivity contribution in [2.24, 2.45) is 0 Å². The topological polar surface area (TPSA) is 0 Å².